The van der Waals surface area contributed by atoms with Crippen molar-refractivity contribution in [2.24, 2.45) is 11.8 Å². The molecule has 146 valence electrons. The van der Waals surface area contributed by atoms with E-state index < -0.39 is 43.6 Å². The fourth-order valence-corrected chi connectivity index (χ4v) is 6.54. The molecular formula is C16H10Cl6FNO3. The summed E-state index contributed by atoms with van der Waals surface area (Å²) in [5.74, 6) is -5.92. The van der Waals surface area contributed by atoms with Gasteiger partial charge in [0.25, 0.3) is 0 Å². The second-order valence-electron chi connectivity index (χ2n) is 6.29. The summed E-state index contributed by atoms with van der Waals surface area (Å²) in [6.45, 7) is 0. The summed E-state index contributed by atoms with van der Waals surface area (Å²) in [7, 11) is 1.37. The van der Waals surface area contributed by atoms with Crippen LogP contribution in [0.15, 0.2) is 34.3 Å². The van der Waals surface area contributed by atoms with E-state index in [0.717, 1.165) is 17.0 Å². The zero-order valence-electron chi connectivity index (χ0n) is 13.3. The van der Waals surface area contributed by atoms with Gasteiger partial charge in [-0.05, 0) is 24.3 Å². The number of carbonyl (C=O) groups excluding carboxylic acids is 1. The van der Waals surface area contributed by atoms with E-state index >= 15 is 0 Å². The molecule has 0 aliphatic heterocycles. The van der Waals surface area contributed by atoms with E-state index in [0.29, 0.717) is 0 Å². The maximum absolute atomic E-state index is 13.2. The fraction of sp³-hybridized carbons (Fsp3) is 0.375. The molecule has 1 N–H and O–H groups in total. The number of carboxylic acids is 1. The van der Waals surface area contributed by atoms with Crippen LogP contribution in [0.1, 0.15) is 0 Å². The average molecular weight is 496 g/mol. The van der Waals surface area contributed by atoms with Crippen molar-refractivity contribution in [2.75, 3.05) is 11.9 Å². The molecule has 0 aromatic heterocycles. The summed E-state index contributed by atoms with van der Waals surface area (Å²) in [5.41, 5.74) is 0.290. The van der Waals surface area contributed by atoms with Crippen molar-refractivity contribution in [3.05, 3.63) is 40.1 Å². The monoisotopic (exact) mass is 493 g/mol. The molecule has 0 radical (unpaired) electrons. The van der Waals surface area contributed by atoms with Crippen LogP contribution in [-0.2, 0) is 9.59 Å². The molecular weight excluding hydrogens is 486 g/mol. The number of nitrogens with zero attached hydrogens (tertiary/aromatic N) is 1. The smallest absolute Gasteiger partial charge is 0.309 e. The minimum absolute atomic E-state index is 0.283. The van der Waals surface area contributed by atoms with Gasteiger partial charge in [0.05, 0.1) is 21.9 Å². The van der Waals surface area contributed by atoms with Crippen molar-refractivity contribution < 1.29 is 19.1 Å². The highest BCUT2D eigenvalue weighted by Crippen LogP contribution is 2.76. The molecule has 2 aliphatic rings. The highest BCUT2D eigenvalue weighted by molar-refractivity contribution is 6.66. The van der Waals surface area contributed by atoms with Crippen molar-refractivity contribution in [1.29, 1.82) is 0 Å². The Hall–Kier alpha value is -0.430. The molecule has 2 aliphatic carbocycles. The van der Waals surface area contributed by atoms with E-state index in [1.54, 1.807) is 0 Å². The maximum atomic E-state index is 13.2. The first-order chi connectivity index (χ1) is 12.3. The van der Waals surface area contributed by atoms with Crippen molar-refractivity contribution >= 4 is 87.2 Å². The zero-order valence-corrected chi connectivity index (χ0v) is 17.9. The van der Waals surface area contributed by atoms with E-state index in [1.807, 2.05) is 0 Å². The second kappa shape index (κ2) is 6.54. The molecule has 27 heavy (non-hydrogen) atoms. The normalized spacial score (nSPS) is 34.1. The molecule has 2 bridgehead atoms. The highest BCUT2D eigenvalue weighted by Gasteiger charge is 2.85. The Kier molecular flexibility index (Phi) is 5.16. The van der Waals surface area contributed by atoms with Crippen LogP contribution < -0.4 is 4.90 Å². The molecule has 0 heterocycles. The number of hydrogen-bond acceptors (Lipinski definition) is 2. The van der Waals surface area contributed by atoms with Crippen LogP contribution in [0, 0.1) is 17.7 Å². The average Bonchev–Trinajstić information content (AvgIpc) is 2.81. The predicted molar refractivity (Wildman–Crippen MR) is 105 cm³/mol. The molecule has 0 spiro atoms. The number of carboxylic acid groups (broad SMARTS) is 1. The molecule has 4 nitrogen and oxygen atoms in total. The van der Waals surface area contributed by atoms with Gasteiger partial charge in [-0.25, -0.2) is 4.39 Å². The number of aliphatic carboxylic acids is 1. The molecule has 0 unspecified atom stereocenters. The second-order valence-corrected chi connectivity index (χ2v) is 9.57. The highest BCUT2D eigenvalue weighted by atomic mass is 35.5. The van der Waals surface area contributed by atoms with Crippen LogP contribution in [0.2, 0.25) is 0 Å². The molecule has 3 rings (SSSR count). The predicted octanol–water partition coefficient (Wildman–Crippen LogP) is 4.95. The Morgan fingerprint density at radius 1 is 1.00 bits per heavy atom. The Bertz CT molecular complexity index is 875. The standard InChI is InChI=1S/C16H10Cl6FNO3/c1-24(7-4-2-6(23)3-5-7)12(25)8-9(13(26)27)15(20)11(18)10(17)14(8,19)16(15,21)22/h2-5,8-9H,1H3,(H,26,27)/t8-,9-,14+,15+/m0/s1. The lowest BCUT2D eigenvalue weighted by molar-refractivity contribution is -0.146. The Morgan fingerprint density at radius 2 is 1.44 bits per heavy atom. The number of fused-ring (bicyclic) bond motifs is 2. The molecule has 1 fully saturated rings. The number of benzene rings is 1. The first kappa shape index (κ1) is 21.3. The molecule has 4 atom stereocenters. The van der Waals surface area contributed by atoms with Crippen molar-refractivity contribution in [3.63, 3.8) is 0 Å². The Balaban J connectivity index is 2.15. The van der Waals surface area contributed by atoms with Gasteiger partial charge in [0, 0.05) is 12.7 Å². The number of alkyl halides is 4. The van der Waals surface area contributed by atoms with E-state index in [2.05, 4.69) is 0 Å². The molecule has 1 aromatic carbocycles. The van der Waals surface area contributed by atoms with Crippen LogP contribution in [-0.4, -0.2) is 38.1 Å². The first-order valence-electron chi connectivity index (χ1n) is 7.41. The number of halogens is 7. The molecule has 1 saturated carbocycles. The fourth-order valence-electron chi connectivity index (χ4n) is 3.61. The van der Waals surface area contributed by atoms with Gasteiger partial charge in [-0.15, -0.1) is 23.2 Å². The van der Waals surface area contributed by atoms with E-state index in [1.165, 1.54) is 19.2 Å². The lowest BCUT2D eigenvalue weighted by atomic mass is 9.81. The van der Waals surface area contributed by atoms with E-state index in [4.69, 9.17) is 69.6 Å². The SMILES string of the molecule is CN(C(=O)[C@@H]1[C@@H](C(=O)O)[C@@]2(Cl)C(Cl)=C(Cl)[C@@]1(Cl)C2(Cl)Cl)c1ccc(F)cc1. The van der Waals surface area contributed by atoms with Crippen LogP contribution in [0.25, 0.3) is 0 Å². The first-order valence-corrected chi connectivity index (χ1v) is 9.68. The van der Waals surface area contributed by atoms with Gasteiger partial charge in [0.1, 0.15) is 15.6 Å². The summed E-state index contributed by atoms with van der Waals surface area (Å²) >= 11 is 38.1. The van der Waals surface area contributed by atoms with Gasteiger partial charge in [0.2, 0.25) is 5.91 Å². The largest absolute Gasteiger partial charge is 0.481 e. The lowest BCUT2D eigenvalue weighted by Gasteiger charge is -2.35. The molecule has 0 saturated heterocycles. The van der Waals surface area contributed by atoms with Crippen LogP contribution in [0.4, 0.5) is 10.1 Å². The number of carbonyl (C=O) groups is 2. The van der Waals surface area contributed by atoms with E-state index in [9.17, 15) is 19.1 Å². The minimum Gasteiger partial charge on any atom is -0.481 e. The molecule has 11 heteroatoms. The number of anilines is 1. The Morgan fingerprint density at radius 3 is 1.89 bits per heavy atom. The summed E-state index contributed by atoms with van der Waals surface area (Å²) in [6.07, 6.45) is 0. The number of amides is 1. The third-order valence-corrected chi connectivity index (χ3v) is 9.27. The summed E-state index contributed by atoms with van der Waals surface area (Å²) < 4.78 is 11.0. The van der Waals surface area contributed by atoms with Crippen molar-refractivity contribution in [2.45, 2.75) is 14.1 Å². The number of hydrogen-bond donors (Lipinski definition) is 1. The van der Waals surface area contributed by atoms with Crippen LogP contribution in [0.3, 0.4) is 0 Å². The lowest BCUT2D eigenvalue weighted by Crippen LogP contribution is -2.50. The molecule has 1 amide bonds. The maximum Gasteiger partial charge on any atom is 0.309 e. The summed E-state index contributed by atoms with van der Waals surface area (Å²) in [6, 6.07) is 4.97. The van der Waals surface area contributed by atoms with Gasteiger partial charge in [-0.2, -0.15) is 0 Å². The summed E-state index contributed by atoms with van der Waals surface area (Å²) in [5, 5.41) is 9.16. The van der Waals surface area contributed by atoms with Crippen LogP contribution >= 0.6 is 69.6 Å². The van der Waals surface area contributed by atoms with Gasteiger partial charge >= 0.3 is 5.97 Å². The zero-order chi connectivity index (χ0) is 20.5. The topological polar surface area (TPSA) is 57.6 Å². The van der Waals surface area contributed by atoms with Gasteiger partial charge in [-0.3, -0.25) is 9.59 Å². The minimum atomic E-state index is -2.18. The van der Waals surface area contributed by atoms with Crippen molar-refractivity contribution in [3.8, 4) is 0 Å². The van der Waals surface area contributed by atoms with Crippen LogP contribution in [0.5, 0.6) is 0 Å². The quantitative estimate of drug-likeness (QED) is 0.604. The van der Waals surface area contributed by atoms with Gasteiger partial charge in [0.15, 0.2) is 4.33 Å². The molecule has 1 aromatic rings. The third-order valence-electron chi connectivity index (χ3n) is 5.01. The summed E-state index contributed by atoms with van der Waals surface area (Å²) in [4.78, 5) is 22.1. The number of allylic oxidation sites excluding steroid dienone is 2. The van der Waals surface area contributed by atoms with Gasteiger partial charge in [-0.1, -0.05) is 46.4 Å². The number of rotatable bonds is 3. The van der Waals surface area contributed by atoms with Gasteiger partial charge < -0.3 is 10.0 Å². The third kappa shape index (κ3) is 2.49. The van der Waals surface area contributed by atoms with Crippen molar-refractivity contribution in [1.82, 2.24) is 0 Å². The Labute approximate surface area is 183 Å². The van der Waals surface area contributed by atoms with E-state index in [-0.39, 0.29) is 15.8 Å².